The van der Waals surface area contributed by atoms with Gasteiger partial charge in [-0.2, -0.15) is 0 Å². The number of para-hydroxylation sites is 1. The molecule has 0 fully saturated rings. The molecule has 1 atom stereocenters. The Labute approximate surface area is 177 Å². The molecule has 2 heterocycles. The fraction of sp³-hybridized carbons (Fsp3) is 0.174. The summed E-state index contributed by atoms with van der Waals surface area (Å²) < 4.78 is 5.73. The molecule has 1 N–H and O–H groups in total. The van der Waals surface area contributed by atoms with Gasteiger partial charge in [-0.05, 0) is 28.7 Å². The standard InChI is InChI=1S/C23H20N4O2S/c1-3-30-23-25-22(28)20-16-10-6-7-11-17(16)24-21(27(20)26-23)19-15-9-5-4-8-14(15)12-13-18(19)29-2/h4-13,21H,3H2,1-2H3,(H,25,26,28). The van der Waals surface area contributed by atoms with Gasteiger partial charge in [0.2, 0.25) is 0 Å². The molecule has 0 radical (unpaired) electrons. The average Bonchev–Trinajstić information content (AvgIpc) is 2.78. The van der Waals surface area contributed by atoms with Gasteiger partial charge in [-0.15, -0.1) is 5.10 Å². The van der Waals surface area contributed by atoms with Crippen LogP contribution >= 0.6 is 11.8 Å². The second-order valence-corrected chi connectivity index (χ2v) is 8.16. The Balaban J connectivity index is 1.83. The van der Waals surface area contributed by atoms with Crippen molar-refractivity contribution >= 4 is 39.3 Å². The van der Waals surface area contributed by atoms with Crippen molar-refractivity contribution in [2.75, 3.05) is 12.9 Å². The quantitative estimate of drug-likeness (QED) is 0.713. The number of thioether (sulfide) groups is 1. The fourth-order valence-electron chi connectivity index (χ4n) is 3.94. The number of amides is 1. The monoisotopic (exact) mass is 416 g/mol. The van der Waals surface area contributed by atoms with Crippen LogP contribution in [-0.2, 0) is 4.79 Å². The number of hydrazone groups is 1. The molecular formula is C23H20N4O2S. The van der Waals surface area contributed by atoms with E-state index in [1.54, 1.807) is 12.1 Å². The van der Waals surface area contributed by atoms with E-state index in [0.29, 0.717) is 16.6 Å². The predicted octanol–water partition coefficient (Wildman–Crippen LogP) is 2.74. The van der Waals surface area contributed by atoms with Crippen molar-refractivity contribution in [2.45, 2.75) is 13.1 Å². The molecule has 6 nitrogen and oxygen atoms in total. The van der Waals surface area contributed by atoms with Crippen molar-refractivity contribution < 1.29 is 9.53 Å². The molecule has 5 rings (SSSR count). The van der Waals surface area contributed by atoms with Crippen molar-refractivity contribution in [3.05, 3.63) is 76.8 Å². The average molecular weight is 417 g/mol. The van der Waals surface area contributed by atoms with E-state index in [9.17, 15) is 4.79 Å². The first-order valence-corrected chi connectivity index (χ1v) is 10.7. The fourth-order valence-corrected chi connectivity index (χ4v) is 4.52. The van der Waals surface area contributed by atoms with Gasteiger partial charge in [-0.1, -0.05) is 67.2 Å². The number of amidine groups is 1. The summed E-state index contributed by atoms with van der Waals surface area (Å²) in [7, 11) is 1.65. The lowest BCUT2D eigenvalue weighted by molar-refractivity contribution is -0.116. The molecule has 1 amide bonds. The van der Waals surface area contributed by atoms with Gasteiger partial charge in [0.05, 0.1) is 12.5 Å². The number of hydrogen-bond donors (Lipinski definition) is 1. The second-order valence-electron chi connectivity index (χ2n) is 6.91. The van der Waals surface area contributed by atoms with E-state index in [4.69, 9.17) is 14.8 Å². The first-order valence-electron chi connectivity index (χ1n) is 9.76. The zero-order valence-electron chi connectivity index (χ0n) is 16.6. The van der Waals surface area contributed by atoms with Gasteiger partial charge in [0.15, 0.2) is 11.3 Å². The molecule has 0 bridgehead atoms. The zero-order chi connectivity index (χ0) is 20.7. The Kier molecular flexibility index (Phi) is 4.67. The molecule has 1 unspecified atom stereocenters. The summed E-state index contributed by atoms with van der Waals surface area (Å²) in [6.07, 6.45) is -0.519. The molecule has 0 aromatic heterocycles. The lowest BCUT2D eigenvalue weighted by atomic mass is 9.99. The minimum Gasteiger partial charge on any atom is -0.496 e. The SMILES string of the molecule is CCSC1=NN2C(=c3ccccc3=NC2c2c(OC)ccc3ccccc23)C(=O)N1. The maximum atomic E-state index is 13.1. The number of ether oxygens (including phenoxy) is 1. The molecule has 2 aliphatic rings. The van der Waals surface area contributed by atoms with Crippen molar-refractivity contribution in [3.8, 4) is 5.75 Å². The van der Waals surface area contributed by atoms with Gasteiger partial charge in [0.25, 0.3) is 5.91 Å². The van der Waals surface area contributed by atoms with Gasteiger partial charge in [0, 0.05) is 10.8 Å². The molecule has 7 heteroatoms. The van der Waals surface area contributed by atoms with Gasteiger partial charge in [-0.25, -0.2) is 5.01 Å². The largest absolute Gasteiger partial charge is 0.496 e. The zero-order valence-corrected chi connectivity index (χ0v) is 17.4. The summed E-state index contributed by atoms with van der Waals surface area (Å²) in [5, 5.41) is 13.7. The molecule has 3 aromatic rings. The molecule has 0 aliphatic carbocycles. The number of methoxy groups -OCH3 is 1. The van der Waals surface area contributed by atoms with E-state index in [0.717, 1.165) is 32.7 Å². The third kappa shape index (κ3) is 2.93. The maximum absolute atomic E-state index is 13.1. The van der Waals surface area contributed by atoms with Crippen molar-refractivity contribution in [1.82, 2.24) is 10.3 Å². The third-order valence-electron chi connectivity index (χ3n) is 5.21. The number of nitrogens with one attached hydrogen (secondary N) is 1. The summed E-state index contributed by atoms with van der Waals surface area (Å²) in [4.78, 5) is 18.1. The van der Waals surface area contributed by atoms with Crippen molar-refractivity contribution in [3.63, 3.8) is 0 Å². The Hall–Kier alpha value is -3.32. The Morgan fingerprint density at radius 1 is 1.10 bits per heavy atom. The first kappa shape index (κ1) is 18.7. The highest BCUT2D eigenvalue weighted by molar-refractivity contribution is 8.13. The summed E-state index contributed by atoms with van der Waals surface area (Å²) in [6.45, 7) is 2.03. The number of carbonyl (C=O) groups excluding carboxylic acids is 1. The number of rotatable bonds is 3. The molecule has 0 spiro atoms. The van der Waals surface area contributed by atoms with Crippen LogP contribution in [0.4, 0.5) is 0 Å². The highest BCUT2D eigenvalue weighted by Crippen LogP contribution is 2.39. The number of benzene rings is 3. The normalized spacial score (nSPS) is 17.6. The molecule has 30 heavy (non-hydrogen) atoms. The summed E-state index contributed by atoms with van der Waals surface area (Å²) in [5.74, 6) is 1.35. The van der Waals surface area contributed by atoms with Crippen LogP contribution in [-0.4, -0.2) is 28.9 Å². The Morgan fingerprint density at radius 2 is 1.90 bits per heavy atom. The van der Waals surface area contributed by atoms with E-state index >= 15 is 0 Å². The highest BCUT2D eigenvalue weighted by Gasteiger charge is 2.36. The van der Waals surface area contributed by atoms with E-state index < -0.39 is 6.17 Å². The minimum atomic E-state index is -0.519. The Bertz CT molecular complexity index is 1320. The van der Waals surface area contributed by atoms with Crippen LogP contribution in [0.2, 0.25) is 0 Å². The van der Waals surface area contributed by atoms with E-state index in [2.05, 4.69) is 17.4 Å². The van der Waals surface area contributed by atoms with Crippen LogP contribution in [0.1, 0.15) is 18.7 Å². The molecule has 2 aliphatic heterocycles. The van der Waals surface area contributed by atoms with Crippen molar-refractivity contribution in [2.24, 2.45) is 10.1 Å². The lowest BCUT2D eigenvalue weighted by Gasteiger charge is -2.35. The van der Waals surface area contributed by atoms with E-state index in [-0.39, 0.29) is 5.91 Å². The molecule has 0 saturated heterocycles. The van der Waals surface area contributed by atoms with Crippen LogP contribution in [0.3, 0.4) is 0 Å². The van der Waals surface area contributed by atoms with Crippen LogP contribution in [0.25, 0.3) is 16.5 Å². The maximum Gasteiger partial charge on any atom is 0.276 e. The van der Waals surface area contributed by atoms with Crippen LogP contribution in [0, 0.1) is 0 Å². The number of nitrogens with zero attached hydrogens (tertiary/aromatic N) is 3. The number of fused-ring (bicyclic) bond motifs is 3. The molecular weight excluding hydrogens is 396 g/mol. The van der Waals surface area contributed by atoms with E-state index in [1.807, 2.05) is 55.5 Å². The second kappa shape index (κ2) is 7.50. The van der Waals surface area contributed by atoms with Crippen LogP contribution in [0.15, 0.2) is 70.8 Å². The predicted molar refractivity (Wildman–Crippen MR) is 119 cm³/mol. The molecule has 0 saturated carbocycles. The Morgan fingerprint density at radius 3 is 2.73 bits per heavy atom. The smallest absolute Gasteiger partial charge is 0.276 e. The van der Waals surface area contributed by atoms with Gasteiger partial charge in [0.1, 0.15) is 11.4 Å². The number of carbonyl (C=O) groups is 1. The van der Waals surface area contributed by atoms with Crippen molar-refractivity contribution in [1.29, 1.82) is 0 Å². The minimum absolute atomic E-state index is 0.174. The lowest BCUT2D eigenvalue weighted by Crippen LogP contribution is -2.50. The molecule has 3 aromatic carbocycles. The third-order valence-corrected chi connectivity index (χ3v) is 5.95. The summed E-state index contributed by atoms with van der Waals surface area (Å²) in [5.41, 5.74) is 1.39. The summed E-state index contributed by atoms with van der Waals surface area (Å²) in [6, 6.07) is 19.8. The number of hydrogen-bond acceptors (Lipinski definition) is 6. The topological polar surface area (TPSA) is 66.3 Å². The van der Waals surface area contributed by atoms with Crippen LogP contribution < -0.4 is 20.6 Å². The van der Waals surface area contributed by atoms with Gasteiger partial charge in [-0.3, -0.25) is 15.1 Å². The van der Waals surface area contributed by atoms with Gasteiger partial charge >= 0.3 is 0 Å². The molecule has 150 valence electrons. The highest BCUT2D eigenvalue weighted by atomic mass is 32.2. The first-order chi connectivity index (χ1) is 14.7. The van der Waals surface area contributed by atoms with Gasteiger partial charge < -0.3 is 4.74 Å². The van der Waals surface area contributed by atoms with E-state index in [1.165, 1.54) is 11.8 Å². The van der Waals surface area contributed by atoms with Crippen LogP contribution in [0.5, 0.6) is 5.75 Å². The summed E-state index contributed by atoms with van der Waals surface area (Å²) >= 11 is 1.49.